The Morgan fingerprint density at radius 1 is 1.55 bits per heavy atom. The molecule has 0 aliphatic heterocycles. The van der Waals surface area contributed by atoms with Crippen molar-refractivity contribution in [2.45, 2.75) is 0 Å². The predicted octanol–water partition coefficient (Wildman–Crippen LogP) is 1.81. The molecular formula is C7H10Cl2O2. The molecule has 11 heavy (non-hydrogen) atoms. The molecule has 4 heteroatoms. The molecule has 0 saturated heterocycles. The van der Waals surface area contributed by atoms with Crippen LogP contribution in [0.5, 0.6) is 0 Å². The second-order valence-electron chi connectivity index (χ2n) is 2.01. The summed E-state index contributed by atoms with van der Waals surface area (Å²) in [5.74, 6) is 0.384. The van der Waals surface area contributed by atoms with E-state index < -0.39 is 5.97 Å². The summed E-state index contributed by atoms with van der Waals surface area (Å²) in [5.41, 5.74) is 0. The van der Waals surface area contributed by atoms with E-state index in [0.29, 0.717) is 11.8 Å². The van der Waals surface area contributed by atoms with Crippen molar-refractivity contribution in [1.29, 1.82) is 0 Å². The van der Waals surface area contributed by atoms with Gasteiger partial charge in [-0.3, -0.25) is 0 Å². The van der Waals surface area contributed by atoms with Gasteiger partial charge >= 0.3 is 5.97 Å². The van der Waals surface area contributed by atoms with E-state index in [1.54, 1.807) is 0 Å². The summed E-state index contributed by atoms with van der Waals surface area (Å²) in [5, 5.41) is 0. The summed E-state index contributed by atoms with van der Waals surface area (Å²) in [4.78, 5) is 10.5. The van der Waals surface area contributed by atoms with Gasteiger partial charge in [-0.15, -0.1) is 23.2 Å². The summed E-state index contributed by atoms with van der Waals surface area (Å²) in [7, 11) is 0. The van der Waals surface area contributed by atoms with Crippen molar-refractivity contribution in [2.24, 2.45) is 5.92 Å². The standard InChI is InChI=1S/C7H10Cl2O2/c1-2-7(10)11-5-6(3-8)4-9/h2,6H,1,3-5H2. The molecule has 2 nitrogen and oxygen atoms in total. The van der Waals surface area contributed by atoms with E-state index >= 15 is 0 Å². The van der Waals surface area contributed by atoms with E-state index in [1.807, 2.05) is 0 Å². The quantitative estimate of drug-likeness (QED) is 0.381. The van der Waals surface area contributed by atoms with E-state index in [4.69, 9.17) is 27.9 Å². The molecule has 64 valence electrons. The van der Waals surface area contributed by atoms with Gasteiger partial charge in [-0.1, -0.05) is 6.58 Å². The molecule has 0 aromatic heterocycles. The zero-order valence-electron chi connectivity index (χ0n) is 6.06. The van der Waals surface area contributed by atoms with Crippen LogP contribution in [0.25, 0.3) is 0 Å². The highest BCUT2D eigenvalue weighted by Gasteiger charge is 2.07. The van der Waals surface area contributed by atoms with Crippen LogP contribution in [0.1, 0.15) is 0 Å². The Labute approximate surface area is 76.1 Å². The van der Waals surface area contributed by atoms with Gasteiger partial charge in [-0.25, -0.2) is 4.79 Å². The van der Waals surface area contributed by atoms with Crippen LogP contribution >= 0.6 is 23.2 Å². The Morgan fingerprint density at radius 2 is 2.09 bits per heavy atom. The molecular weight excluding hydrogens is 187 g/mol. The average molecular weight is 197 g/mol. The van der Waals surface area contributed by atoms with Gasteiger partial charge in [0.05, 0.1) is 6.61 Å². The highest BCUT2D eigenvalue weighted by Crippen LogP contribution is 2.03. The van der Waals surface area contributed by atoms with Crippen molar-refractivity contribution in [2.75, 3.05) is 18.4 Å². The van der Waals surface area contributed by atoms with E-state index in [9.17, 15) is 4.79 Å². The first-order chi connectivity index (χ1) is 5.24. The van der Waals surface area contributed by atoms with Gasteiger partial charge in [-0.05, 0) is 0 Å². The number of hydrogen-bond acceptors (Lipinski definition) is 2. The molecule has 0 aromatic carbocycles. The SMILES string of the molecule is C=CC(=O)OCC(CCl)CCl. The normalized spacial score (nSPS) is 9.73. The number of hydrogen-bond donors (Lipinski definition) is 0. The van der Waals surface area contributed by atoms with E-state index in [-0.39, 0.29) is 12.5 Å². The number of ether oxygens (including phenoxy) is 1. The van der Waals surface area contributed by atoms with Crippen LogP contribution < -0.4 is 0 Å². The zero-order valence-corrected chi connectivity index (χ0v) is 7.57. The van der Waals surface area contributed by atoms with Crippen LogP contribution in [0.15, 0.2) is 12.7 Å². The van der Waals surface area contributed by atoms with Gasteiger partial charge in [0.2, 0.25) is 0 Å². The second kappa shape index (κ2) is 6.50. The number of alkyl halides is 2. The first-order valence-corrected chi connectivity index (χ1v) is 4.22. The smallest absolute Gasteiger partial charge is 0.330 e. The maximum atomic E-state index is 10.5. The number of esters is 1. The third-order valence-electron chi connectivity index (χ3n) is 1.06. The van der Waals surface area contributed by atoms with Crippen molar-refractivity contribution in [1.82, 2.24) is 0 Å². The minimum Gasteiger partial charge on any atom is -0.462 e. The molecule has 0 atom stereocenters. The number of carbonyl (C=O) groups excluding carboxylic acids is 1. The highest BCUT2D eigenvalue weighted by atomic mass is 35.5. The van der Waals surface area contributed by atoms with E-state index in [1.165, 1.54) is 0 Å². The molecule has 0 spiro atoms. The Hall–Kier alpha value is -0.210. The lowest BCUT2D eigenvalue weighted by atomic mass is 10.2. The lowest BCUT2D eigenvalue weighted by Crippen LogP contribution is -2.15. The van der Waals surface area contributed by atoms with Gasteiger partial charge in [-0.2, -0.15) is 0 Å². The predicted molar refractivity (Wildman–Crippen MR) is 46.1 cm³/mol. The van der Waals surface area contributed by atoms with Crippen molar-refractivity contribution in [3.63, 3.8) is 0 Å². The second-order valence-corrected chi connectivity index (χ2v) is 2.63. The minimum absolute atomic E-state index is 0.0298. The molecule has 0 aliphatic rings. The summed E-state index contributed by atoms with van der Waals surface area (Å²) in [6.07, 6.45) is 1.11. The fourth-order valence-corrected chi connectivity index (χ4v) is 0.897. The monoisotopic (exact) mass is 196 g/mol. The fourth-order valence-electron chi connectivity index (χ4n) is 0.389. The van der Waals surface area contributed by atoms with Gasteiger partial charge in [0.15, 0.2) is 0 Å². The lowest BCUT2D eigenvalue weighted by molar-refractivity contribution is -0.138. The molecule has 0 aromatic rings. The van der Waals surface area contributed by atoms with Gasteiger partial charge < -0.3 is 4.74 Å². The Kier molecular flexibility index (Phi) is 6.37. The Bertz CT molecular complexity index is 132. The summed E-state index contributed by atoms with van der Waals surface area (Å²) in [6, 6.07) is 0. The van der Waals surface area contributed by atoms with Crippen molar-refractivity contribution in [3.8, 4) is 0 Å². The van der Waals surface area contributed by atoms with Crippen molar-refractivity contribution < 1.29 is 9.53 Å². The molecule has 0 radical (unpaired) electrons. The van der Waals surface area contributed by atoms with Crippen molar-refractivity contribution >= 4 is 29.2 Å². The van der Waals surface area contributed by atoms with Gasteiger partial charge in [0, 0.05) is 23.8 Å². The van der Waals surface area contributed by atoms with E-state index in [0.717, 1.165) is 6.08 Å². The topological polar surface area (TPSA) is 26.3 Å². The van der Waals surface area contributed by atoms with Crippen LogP contribution in [-0.4, -0.2) is 24.3 Å². The van der Waals surface area contributed by atoms with Crippen LogP contribution in [-0.2, 0) is 9.53 Å². The molecule has 0 amide bonds. The highest BCUT2D eigenvalue weighted by molar-refractivity contribution is 6.20. The lowest BCUT2D eigenvalue weighted by Gasteiger charge is -2.08. The maximum absolute atomic E-state index is 10.5. The molecule has 0 N–H and O–H groups in total. The molecule has 0 saturated carbocycles. The van der Waals surface area contributed by atoms with E-state index in [2.05, 4.69) is 6.58 Å². The molecule has 0 unspecified atom stereocenters. The van der Waals surface area contributed by atoms with Crippen LogP contribution in [0, 0.1) is 5.92 Å². The van der Waals surface area contributed by atoms with Crippen molar-refractivity contribution in [3.05, 3.63) is 12.7 Å². The maximum Gasteiger partial charge on any atom is 0.330 e. The molecule has 0 fully saturated rings. The Morgan fingerprint density at radius 3 is 2.45 bits per heavy atom. The zero-order chi connectivity index (χ0) is 8.69. The average Bonchev–Trinajstić information content (AvgIpc) is 2.06. The van der Waals surface area contributed by atoms with Crippen LogP contribution in [0.4, 0.5) is 0 Å². The van der Waals surface area contributed by atoms with Gasteiger partial charge in [0.1, 0.15) is 0 Å². The number of halogens is 2. The summed E-state index contributed by atoms with van der Waals surface area (Å²) >= 11 is 11.0. The third-order valence-corrected chi connectivity index (χ3v) is 1.94. The number of rotatable bonds is 5. The fraction of sp³-hybridized carbons (Fsp3) is 0.571. The largest absolute Gasteiger partial charge is 0.462 e. The molecule has 0 bridgehead atoms. The number of carbonyl (C=O) groups is 1. The Balaban J connectivity index is 3.49. The van der Waals surface area contributed by atoms with Crippen LogP contribution in [0.2, 0.25) is 0 Å². The first kappa shape index (κ1) is 10.8. The molecule has 0 heterocycles. The molecule has 0 aliphatic carbocycles. The molecule has 0 rings (SSSR count). The first-order valence-electron chi connectivity index (χ1n) is 3.15. The summed E-state index contributed by atoms with van der Waals surface area (Å²) in [6.45, 7) is 3.51. The van der Waals surface area contributed by atoms with Crippen LogP contribution in [0.3, 0.4) is 0 Å². The minimum atomic E-state index is -0.440. The third kappa shape index (κ3) is 5.10. The van der Waals surface area contributed by atoms with Gasteiger partial charge in [0.25, 0.3) is 0 Å². The summed E-state index contributed by atoms with van der Waals surface area (Å²) < 4.78 is 4.71.